The standard InChI is InChI=1S/C16H18N4S/c1-20(16-18-11-6-2-3-7-12(11)19-16)10-15-17-13-8-4-5-9-14(13)21-15/h2-3,6-7H,4-5,8-10H2,1H3,(H,18,19). The molecule has 2 aromatic heterocycles. The lowest BCUT2D eigenvalue weighted by Gasteiger charge is -2.13. The third kappa shape index (κ3) is 2.42. The Labute approximate surface area is 127 Å². The van der Waals surface area contributed by atoms with E-state index in [0.29, 0.717) is 0 Å². The van der Waals surface area contributed by atoms with Crippen LogP contribution in [-0.4, -0.2) is 22.0 Å². The Balaban J connectivity index is 1.57. The second-order valence-corrected chi connectivity index (χ2v) is 6.79. The fraction of sp³-hybridized carbons (Fsp3) is 0.375. The van der Waals surface area contributed by atoms with E-state index < -0.39 is 0 Å². The van der Waals surface area contributed by atoms with Crippen molar-refractivity contribution in [2.75, 3.05) is 11.9 Å². The Morgan fingerprint density at radius 1 is 1.19 bits per heavy atom. The monoisotopic (exact) mass is 298 g/mol. The average Bonchev–Trinajstić information content (AvgIpc) is 3.10. The Kier molecular flexibility index (Phi) is 3.15. The van der Waals surface area contributed by atoms with E-state index in [4.69, 9.17) is 4.98 Å². The first kappa shape index (κ1) is 12.8. The highest BCUT2D eigenvalue weighted by Gasteiger charge is 2.16. The van der Waals surface area contributed by atoms with Crippen molar-refractivity contribution in [1.82, 2.24) is 15.0 Å². The first-order valence-electron chi connectivity index (χ1n) is 7.43. The maximum absolute atomic E-state index is 4.81. The van der Waals surface area contributed by atoms with Gasteiger partial charge < -0.3 is 9.88 Å². The molecule has 0 unspecified atom stereocenters. The van der Waals surface area contributed by atoms with Gasteiger partial charge >= 0.3 is 0 Å². The minimum absolute atomic E-state index is 0.817. The summed E-state index contributed by atoms with van der Waals surface area (Å²) in [6, 6.07) is 8.13. The molecule has 1 aliphatic carbocycles. The van der Waals surface area contributed by atoms with Crippen LogP contribution in [0.1, 0.15) is 28.4 Å². The number of para-hydroxylation sites is 2. The van der Waals surface area contributed by atoms with Gasteiger partial charge in [0.15, 0.2) is 0 Å². The molecule has 108 valence electrons. The van der Waals surface area contributed by atoms with Crippen LogP contribution in [0.5, 0.6) is 0 Å². The van der Waals surface area contributed by atoms with Crippen LogP contribution in [0.4, 0.5) is 5.95 Å². The summed E-state index contributed by atoms with van der Waals surface area (Å²) >= 11 is 1.87. The zero-order chi connectivity index (χ0) is 14.2. The number of benzene rings is 1. The van der Waals surface area contributed by atoms with E-state index in [1.807, 2.05) is 29.5 Å². The van der Waals surface area contributed by atoms with Gasteiger partial charge in [0.25, 0.3) is 0 Å². The van der Waals surface area contributed by atoms with Crippen molar-refractivity contribution in [3.05, 3.63) is 39.8 Å². The molecule has 0 saturated heterocycles. The molecular weight excluding hydrogens is 280 g/mol. The van der Waals surface area contributed by atoms with Crippen LogP contribution in [0, 0.1) is 0 Å². The van der Waals surface area contributed by atoms with E-state index in [-0.39, 0.29) is 0 Å². The zero-order valence-electron chi connectivity index (χ0n) is 12.1. The molecule has 4 nitrogen and oxygen atoms in total. The first-order chi connectivity index (χ1) is 10.3. The Hall–Kier alpha value is -1.88. The molecule has 5 heteroatoms. The van der Waals surface area contributed by atoms with Gasteiger partial charge in [-0.2, -0.15) is 0 Å². The van der Waals surface area contributed by atoms with Gasteiger partial charge in [0.2, 0.25) is 5.95 Å². The number of fused-ring (bicyclic) bond motifs is 2. The van der Waals surface area contributed by atoms with Gasteiger partial charge in [-0.15, -0.1) is 11.3 Å². The minimum atomic E-state index is 0.817. The molecule has 0 radical (unpaired) electrons. The Bertz CT molecular complexity index is 717. The largest absolute Gasteiger partial charge is 0.339 e. The second kappa shape index (κ2) is 5.15. The molecule has 1 aromatic carbocycles. The number of imidazole rings is 1. The molecule has 21 heavy (non-hydrogen) atoms. The van der Waals surface area contributed by atoms with Crippen LogP contribution in [0.15, 0.2) is 24.3 Å². The zero-order valence-corrected chi connectivity index (χ0v) is 12.9. The van der Waals surface area contributed by atoms with Crippen LogP contribution in [0.2, 0.25) is 0 Å². The van der Waals surface area contributed by atoms with E-state index in [1.54, 1.807) is 0 Å². The molecule has 1 aliphatic rings. The summed E-state index contributed by atoms with van der Waals surface area (Å²) in [5, 5.41) is 1.20. The predicted octanol–water partition coefficient (Wildman–Crippen LogP) is 3.53. The minimum Gasteiger partial charge on any atom is -0.339 e. The lowest BCUT2D eigenvalue weighted by molar-refractivity contribution is 0.680. The first-order valence-corrected chi connectivity index (χ1v) is 8.24. The van der Waals surface area contributed by atoms with Gasteiger partial charge in [0.1, 0.15) is 5.01 Å². The molecular formula is C16H18N4S. The van der Waals surface area contributed by atoms with Crippen molar-refractivity contribution < 1.29 is 0 Å². The number of H-pyrrole nitrogens is 1. The molecule has 2 heterocycles. The maximum Gasteiger partial charge on any atom is 0.203 e. The molecule has 1 N–H and O–H groups in total. The van der Waals surface area contributed by atoms with E-state index in [2.05, 4.69) is 28.0 Å². The average molecular weight is 298 g/mol. The van der Waals surface area contributed by atoms with E-state index in [0.717, 1.165) is 29.9 Å². The number of hydrogen-bond donors (Lipinski definition) is 1. The highest BCUT2D eigenvalue weighted by Crippen LogP contribution is 2.28. The molecule has 0 atom stereocenters. The van der Waals surface area contributed by atoms with E-state index in [9.17, 15) is 0 Å². The van der Waals surface area contributed by atoms with Crippen molar-refractivity contribution in [3.8, 4) is 0 Å². The fourth-order valence-corrected chi connectivity index (χ4v) is 4.08. The van der Waals surface area contributed by atoms with Crippen LogP contribution < -0.4 is 4.90 Å². The highest BCUT2D eigenvalue weighted by atomic mass is 32.1. The van der Waals surface area contributed by atoms with E-state index in [1.165, 1.54) is 34.8 Å². The molecule has 3 aromatic rings. The van der Waals surface area contributed by atoms with Crippen molar-refractivity contribution >= 4 is 28.3 Å². The number of aromatic nitrogens is 3. The maximum atomic E-state index is 4.81. The number of rotatable bonds is 3. The van der Waals surface area contributed by atoms with Crippen molar-refractivity contribution in [2.45, 2.75) is 32.2 Å². The summed E-state index contributed by atoms with van der Waals surface area (Å²) in [4.78, 5) is 16.5. The summed E-state index contributed by atoms with van der Waals surface area (Å²) in [6.07, 6.45) is 4.96. The summed E-state index contributed by atoms with van der Waals surface area (Å²) in [7, 11) is 2.07. The predicted molar refractivity (Wildman–Crippen MR) is 87.0 cm³/mol. The number of nitrogens with one attached hydrogen (secondary N) is 1. The lowest BCUT2D eigenvalue weighted by Crippen LogP contribution is -2.17. The summed E-state index contributed by atoms with van der Waals surface area (Å²) < 4.78 is 0. The molecule has 0 bridgehead atoms. The Morgan fingerprint density at radius 3 is 2.90 bits per heavy atom. The van der Waals surface area contributed by atoms with Gasteiger partial charge in [-0.05, 0) is 37.8 Å². The van der Waals surface area contributed by atoms with Gasteiger partial charge in [-0.3, -0.25) is 0 Å². The van der Waals surface area contributed by atoms with Crippen LogP contribution in [-0.2, 0) is 19.4 Å². The van der Waals surface area contributed by atoms with Crippen molar-refractivity contribution in [3.63, 3.8) is 0 Å². The van der Waals surface area contributed by atoms with Gasteiger partial charge in [-0.25, -0.2) is 9.97 Å². The summed E-state index contributed by atoms with van der Waals surface area (Å²) in [5.74, 6) is 0.907. The third-order valence-corrected chi connectivity index (χ3v) is 5.14. The van der Waals surface area contributed by atoms with Crippen molar-refractivity contribution in [1.29, 1.82) is 0 Å². The smallest absolute Gasteiger partial charge is 0.203 e. The Morgan fingerprint density at radius 2 is 2.05 bits per heavy atom. The van der Waals surface area contributed by atoms with Crippen molar-refractivity contribution in [2.24, 2.45) is 0 Å². The topological polar surface area (TPSA) is 44.8 Å². The summed E-state index contributed by atoms with van der Waals surface area (Å²) in [6.45, 7) is 0.817. The lowest BCUT2D eigenvalue weighted by atomic mass is 10.0. The van der Waals surface area contributed by atoms with Gasteiger partial charge in [0.05, 0.1) is 23.3 Å². The molecule has 0 saturated carbocycles. The van der Waals surface area contributed by atoms with Crippen LogP contribution in [0.25, 0.3) is 11.0 Å². The molecule has 0 fully saturated rings. The molecule has 0 amide bonds. The second-order valence-electron chi connectivity index (χ2n) is 5.62. The number of hydrogen-bond acceptors (Lipinski definition) is 4. The third-order valence-electron chi connectivity index (χ3n) is 4.00. The normalized spacial score (nSPS) is 14.3. The van der Waals surface area contributed by atoms with E-state index >= 15 is 0 Å². The highest BCUT2D eigenvalue weighted by molar-refractivity contribution is 7.11. The summed E-state index contributed by atoms with van der Waals surface area (Å²) in [5.41, 5.74) is 3.43. The SMILES string of the molecule is CN(Cc1nc2c(s1)CCCC2)c1nc2ccccc2[nH]1. The molecule has 4 rings (SSSR count). The molecule has 0 aliphatic heterocycles. The number of aromatic amines is 1. The van der Waals surface area contributed by atoms with Crippen LogP contribution in [0.3, 0.4) is 0 Å². The fourth-order valence-electron chi connectivity index (χ4n) is 2.87. The number of aryl methyl sites for hydroxylation is 2. The number of nitrogens with zero attached hydrogens (tertiary/aromatic N) is 3. The molecule has 0 spiro atoms. The quantitative estimate of drug-likeness (QED) is 0.804. The van der Waals surface area contributed by atoms with Gasteiger partial charge in [0, 0.05) is 11.9 Å². The van der Waals surface area contributed by atoms with Gasteiger partial charge in [-0.1, -0.05) is 12.1 Å². The number of anilines is 1. The number of thiazole rings is 1. The van der Waals surface area contributed by atoms with Crippen LogP contribution >= 0.6 is 11.3 Å².